The number of anilines is 2. The summed E-state index contributed by atoms with van der Waals surface area (Å²) in [6.45, 7) is 5.47. The number of ether oxygens (including phenoxy) is 1. The predicted octanol–water partition coefficient (Wildman–Crippen LogP) is 4.65. The van der Waals surface area contributed by atoms with Crippen LogP contribution in [0.15, 0.2) is 67.4 Å². The lowest BCUT2D eigenvalue weighted by molar-refractivity contribution is -0.138. The Balaban J connectivity index is 1.17. The predicted molar refractivity (Wildman–Crippen MR) is 170 cm³/mol. The number of unbranched alkanes of at least 4 members (excludes halogenated alkanes) is 1. The van der Waals surface area contributed by atoms with Crippen LogP contribution in [0, 0.1) is 6.92 Å². The standard InChI is InChI=1S/C33H40N8O3/c1-24-7-10-28(21-37-24)44-20-19-41(17-3-2-6-27-9-8-26-5-4-14-36-32(26)38-27)18-13-29(33(42)43)39-31-23-35-22-30(40-31)25-11-15-34-16-12-25/h7-12,15-16,21-23,29H,2-6,13-14,17-20H2,1H3,(H,36,38)(H,39,40)(H,42,43). The highest BCUT2D eigenvalue weighted by Gasteiger charge is 2.20. The van der Waals surface area contributed by atoms with Gasteiger partial charge < -0.3 is 20.5 Å². The Kier molecular flexibility index (Phi) is 11.0. The Hall–Kier alpha value is -4.64. The lowest BCUT2D eigenvalue weighted by Gasteiger charge is -2.24. The maximum absolute atomic E-state index is 12.2. The molecule has 0 radical (unpaired) electrons. The first-order valence-corrected chi connectivity index (χ1v) is 15.3. The van der Waals surface area contributed by atoms with Crippen molar-refractivity contribution in [3.05, 3.63) is 84.3 Å². The summed E-state index contributed by atoms with van der Waals surface area (Å²) < 4.78 is 5.95. The van der Waals surface area contributed by atoms with Gasteiger partial charge in [0.1, 0.15) is 30.0 Å². The van der Waals surface area contributed by atoms with E-state index in [1.54, 1.807) is 31.0 Å². The number of nitrogens with zero attached hydrogens (tertiary/aromatic N) is 6. The number of hydrogen-bond acceptors (Lipinski definition) is 10. The molecule has 0 saturated heterocycles. The van der Waals surface area contributed by atoms with Crippen molar-refractivity contribution in [2.24, 2.45) is 0 Å². The fourth-order valence-electron chi connectivity index (χ4n) is 5.16. The molecule has 0 aromatic carbocycles. The summed E-state index contributed by atoms with van der Waals surface area (Å²) in [4.78, 5) is 36.5. The maximum atomic E-state index is 12.2. The summed E-state index contributed by atoms with van der Waals surface area (Å²) in [7, 11) is 0. The number of carbonyl (C=O) groups is 1. The van der Waals surface area contributed by atoms with Gasteiger partial charge in [-0.15, -0.1) is 0 Å². The molecule has 5 heterocycles. The zero-order chi connectivity index (χ0) is 30.6. The third kappa shape index (κ3) is 9.18. The van der Waals surface area contributed by atoms with Crippen molar-refractivity contribution in [1.29, 1.82) is 0 Å². The van der Waals surface area contributed by atoms with E-state index in [4.69, 9.17) is 9.72 Å². The lowest BCUT2D eigenvalue weighted by atomic mass is 10.1. The van der Waals surface area contributed by atoms with Crippen LogP contribution >= 0.6 is 0 Å². The number of rotatable bonds is 16. The highest BCUT2D eigenvalue weighted by molar-refractivity contribution is 5.77. The van der Waals surface area contributed by atoms with Crippen molar-refractivity contribution in [3.63, 3.8) is 0 Å². The summed E-state index contributed by atoms with van der Waals surface area (Å²) in [5, 5.41) is 16.5. The van der Waals surface area contributed by atoms with Crippen LogP contribution in [0.2, 0.25) is 0 Å². The number of hydrogen-bond donors (Lipinski definition) is 3. The summed E-state index contributed by atoms with van der Waals surface area (Å²) in [5.41, 5.74) is 4.85. The number of fused-ring (bicyclic) bond motifs is 1. The second kappa shape index (κ2) is 15.7. The first kappa shape index (κ1) is 30.8. The van der Waals surface area contributed by atoms with Crippen LogP contribution in [-0.2, 0) is 17.6 Å². The third-order valence-corrected chi connectivity index (χ3v) is 7.63. The average Bonchev–Trinajstić information content (AvgIpc) is 3.05. The summed E-state index contributed by atoms with van der Waals surface area (Å²) in [6, 6.07) is 11.0. The van der Waals surface area contributed by atoms with E-state index in [1.165, 1.54) is 5.56 Å². The highest BCUT2D eigenvalue weighted by atomic mass is 16.5. The van der Waals surface area contributed by atoms with Crippen molar-refractivity contribution < 1.29 is 14.6 Å². The van der Waals surface area contributed by atoms with Crippen LogP contribution in [0.3, 0.4) is 0 Å². The maximum Gasteiger partial charge on any atom is 0.326 e. The van der Waals surface area contributed by atoms with Crippen LogP contribution in [0.4, 0.5) is 11.6 Å². The first-order chi connectivity index (χ1) is 21.5. The summed E-state index contributed by atoms with van der Waals surface area (Å²) in [6.07, 6.45) is 13.8. The van der Waals surface area contributed by atoms with Gasteiger partial charge in [0, 0.05) is 49.0 Å². The topological polar surface area (TPSA) is 138 Å². The van der Waals surface area contributed by atoms with Gasteiger partial charge in [-0.2, -0.15) is 0 Å². The fourth-order valence-corrected chi connectivity index (χ4v) is 5.16. The van der Waals surface area contributed by atoms with Gasteiger partial charge in [0.25, 0.3) is 0 Å². The molecule has 1 atom stereocenters. The summed E-state index contributed by atoms with van der Waals surface area (Å²) in [5.74, 6) is 1.23. The number of aromatic nitrogens is 5. The Labute approximate surface area is 258 Å². The van der Waals surface area contributed by atoms with Crippen molar-refractivity contribution >= 4 is 17.6 Å². The van der Waals surface area contributed by atoms with E-state index in [1.807, 2.05) is 31.2 Å². The molecule has 1 aliphatic rings. The first-order valence-electron chi connectivity index (χ1n) is 15.3. The molecular formula is C33H40N8O3. The van der Waals surface area contributed by atoms with Crippen molar-refractivity contribution in [3.8, 4) is 17.0 Å². The van der Waals surface area contributed by atoms with Gasteiger partial charge in [-0.25, -0.2) is 14.8 Å². The van der Waals surface area contributed by atoms with Crippen molar-refractivity contribution in [1.82, 2.24) is 29.8 Å². The molecule has 1 aliphatic heterocycles. The van der Waals surface area contributed by atoms with E-state index < -0.39 is 12.0 Å². The molecular weight excluding hydrogens is 556 g/mol. The normalized spacial score (nSPS) is 13.1. The molecule has 0 fully saturated rings. The van der Waals surface area contributed by atoms with Gasteiger partial charge in [0.05, 0.1) is 24.3 Å². The number of pyridine rings is 3. The molecule has 1 unspecified atom stereocenters. The SMILES string of the molecule is Cc1ccc(OCCN(CCCCc2ccc3c(n2)NCCC3)CCC(Nc2cncc(-c3ccncc3)n2)C(=O)O)cn1. The lowest BCUT2D eigenvalue weighted by Crippen LogP contribution is -2.37. The van der Waals surface area contributed by atoms with Crippen LogP contribution in [-0.4, -0.2) is 79.7 Å². The number of aliphatic carboxylic acids is 1. The molecule has 0 amide bonds. The Morgan fingerprint density at radius 3 is 2.73 bits per heavy atom. The van der Waals surface area contributed by atoms with Crippen molar-refractivity contribution in [2.45, 2.75) is 51.5 Å². The van der Waals surface area contributed by atoms with Crippen LogP contribution in [0.5, 0.6) is 5.75 Å². The van der Waals surface area contributed by atoms with E-state index in [0.717, 1.165) is 73.7 Å². The molecule has 11 heteroatoms. The van der Waals surface area contributed by atoms with Gasteiger partial charge in [0.15, 0.2) is 0 Å². The molecule has 0 spiro atoms. The van der Waals surface area contributed by atoms with Crippen molar-refractivity contribution in [2.75, 3.05) is 43.4 Å². The Morgan fingerprint density at radius 1 is 1.02 bits per heavy atom. The largest absolute Gasteiger partial charge is 0.491 e. The minimum Gasteiger partial charge on any atom is -0.491 e. The van der Waals surface area contributed by atoms with E-state index in [0.29, 0.717) is 37.6 Å². The quantitative estimate of drug-likeness (QED) is 0.156. The van der Waals surface area contributed by atoms with Gasteiger partial charge in [0.2, 0.25) is 0 Å². The van der Waals surface area contributed by atoms with Crippen LogP contribution in [0.25, 0.3) is 11.3 Å². The average molecular weight is 597 g/mol. The van der Waals surface area contributed by atoms with Gasteiger partial charge in [-0.05, 0) is 87.9 Å². The minimum atomic E-state index is -0.935. The minimum absolute atomic E-state index is 0.390. The van der Waals surface area contributed by atoms with Crippen LogP contribution in [0.1, 0.15) is 42.6 Å². The fraction of sp³-hybridized carbons (Fsp3) is 0.394. The highest BCUT2D eigenvalue weighted by Crippen LogP contribution is 2.21. The second-order valence-corrected chi connectivity index (χ2v) is 11.0. The number of aryl methyl sites for hydroxylation is 3. The van der Waals surface area contributed by atoms with E-state index in [2.05, 4.69) is 47.6 Å². The molecule has 0 bridgehead atoms. The second-order valence-electron chi connectivity index (χ2n) is 11.0. The number of nitrogens with one attached hydrogen (secondary N) is 2. The third-order valence-electron chi connectivity index (χ3n) is 7.63. The monoisotopic (exact) mass is 596 g/mol. The Morgan fingerprint density at radius 2 is 1.91 bits per heavy atom. The molecule has 230 valence electrons. The van der Waals surface area contributed by atoms with Gasteiger partial charge >= 0.3 is 5.97 Å². The molecule has 0 saturated carbocycles. The molecule has 4 aromatic heterocycles. The molecule has 4 aromatic rings. The van der Waals surface area contributed by atoms with E-state index in [9.17, 15) is 9.90 Å². The number of carboxylic acid groups (broad SMARTS) is 1. The van der Waals surface area contributed by atoms with Crippen LogP contribution < -0.4 is 15.4 Å². The Bertz CT molecular complexity index is 1490. The smallest absolute Gasteiger partial charge is 0.326 e. The molecule has 3 N–H and O–H groups in total. The molecule has 0 aliphatic carbocycles. The van der Waals surface area contributed by atoms with Gasteiger partial charge in [-0.1, -0.05) is 6.07 Å². The number of carboxylic acids is 1. The summed E-state index contributed by atoms with van der Waals surface area (Å²) >= 11 is 0. The van der Waals surface area contributed by atoms with E-state index in [-0.39, 0.29) is 0 Å². The zero-order valence-electron chi connectivity index (χ0n) is 25.2. The molecule has 11 nitrogen and oxygen atoms in total. The van der Waals surface area contributed by atoms with E-state index >= 15 is 0 Å². The zero-order valence-corrected chi connectivity index (χ0v) is 25.2. The molecule has 44 heavy (non-hydrogen) atoms. The van der Waals surface area contributed by atoms with Gasteiger partial charge in [-0.3, -0.25) is 19.9 Å². The molecule has 5 rings (SSSR count).